The van der Waals surface area contributed by atoms with E-state index in [1.807, 2.05) is 13.8 Å². The molecule has 2 amide bonds. The Labute approximate surface area is 119 Å². The number of furan rings is 1. The fraction of sp³-hybridized carbons (Fsp3) is 0.571. The summed E-state index contributed by atoms with van der Waals surface area (Å²) in [5.41, 5.74) is 5.81. The van der Waals surface area contributed by atoms with E-state index in [0.29, 0.717) is 12.3 Å². The molecular formula is C14H23N3O3. The summed E-state index contributed by atoms with van der Waals surface area (Å²) < 4.78 is 5.11. The molecule has 0 saturated carbocycles. The first-order chi connectivity index (χ1) is 9.45. The number of nitrogens with one attached hydrogen (secondary N) is 2. The van der Waals surface area contributed by atoms with Crippen molar-refractivity contribution in [1.29, 1.82) is 0 Å². The van der Waals surface area contributed by atoms with Gasteiger partial charge in [-0.05, 0) is 25.0 Å². The molecule has 1 heterocycles. The molecule has 0 spiro atoms. The van der Waals surface area contributed by atoms with Crippen LogP contribution in [0.4, 0.5) is 0 Å². The van der Waals surface area contributed by atoms with E-state index < -0.39 is 12.1 Å². The molecule has 1 aromatic heterocycles. The number of rotatable bonds is 7. The maximum atomic E-state index is 11.9. The summed E-state index contributed by atoms with van der Waals surface area (Å²) in [4.78, 5) is 23.7. The van der Waals surface area contributed by atoms with Crippen LogP contribution in [0.2, 0.25) is 0 Å². The van der Waals surface area contributed by atoms with Crippen LogP contribution in [-0.4, -0.2) is 23.9 Å². The highest BCUT2D eigenvalue weighted by atomic mass is 16.3. The van der Waals surface area contributed by atoms with Gasteiger partial charge in [-0.3, -0.25) is 9.59 Å². The van der Waals surface area contributed by atoms with Crippen LogP contribution in [0.25, 0.3) is 0 Å². The van der Waals surface area contributed by atoms with Gasteiger partial charge in [0.2, 0.25) is 11.8 Å². The van der Waals surface area contributed by atoms with Gasteiger partial charge < -0.3 is 20.8 Å². The Hall–Kier alpha value is -1.82. The Kier molecular flexibility index (Phi) is 6.24. The molecule has 0 saturated heterocycles. The number of hydrogen-bond donors (Lipinski definition) is 3. The maximum absolute atomic E-state index is 11.9. The molecule has 4 N–H and O–H groups in total. The molecule has 6 heteroatoms. The van der Waals surface area contributed by atoms with Gasteiger partial charge in [-0.2, -0.15) is 0 Å². The van der Waals surface area contributed by atoms with Crippen molar-refractivity contribution < 1.29 is 14.0 Å². The zero-order valence-electron chi connectivity index (χ0n) is 12.2. The van der Waals surface area contributed by atoms with Crippen molar-refractivity contribution in [1.82, 2.24) is 10.6 Å². The molecule has 0 aliphatic rings. The molecule has 0 aliphatic carbocycles. The molecule has 0 aliphatic heterocycles. The van der Waals surface area contributed by atoms with E-state index in [1.165, 1.54) is 6.26 Å². The van der Waals surface area contributed by atoms with Crippen LogP contribution in [0.3, 0.4) is 0 Å². The number of nitrogens with two attached hydrogens (primary N) is 1. The Morgan fingerprint density at radius 2 is 2.05 bits per heavy atom. The second kappa shape index (κ2) is 7.69. The monoisotopic (exact) mass is 281 g/mol. The van der Waals surface area contributed by atoms with Crippen molar-refractivity contribution in [3.8, 4) is 0 Å². The average molecular weight is 281 g/mol. The van der Waals surface area contributed by atoms with Gasteiger partial charge in [-0.1, -0.05) is 20.3 Å². The molecule has 0 bridgehead atoms. The normalized spacial score (nSPS) is 15.2. The van der Waals surface area contributed by atoms with Gasteiger partial charge in [0, 0.05) is 0 Å². The van der Waals surface area contributed by atoms with E-state index in [2.05, 4.69) is 10.6 Å². The van der Waals surface area contributed by atoms with E-state index in [4.69, 9.17) is 10.2 Å². The topological polar surface area (TPSA) is 97.4 Å². The minimum absolute atomic E-state index is 0.0772. The van der Waals surface area contributed by atoms with Gasteiger partial charge in [0.1, 0.15) is 11.8 Å². The molecule has 0 aromatic carbocycles. The van der Waals surface area contributed by atoms with Gasteiger partial charge >= 0.3 is 0 Å². The first-order valence-corrected chi connectivity index (χ1v) is 6.81. The van der Waals surface area contributed by atoms with Crippen molar-refractivity contribution in [3.05, 3.63) is 24.2 Å². The molecule has 1 aromatic rings. The summed E-state index contributed by atoms with van der Waals surface area (Å²) in [6.45, 7) is 5.80. The molecular weight excluding hydrogens is 258 g/mol. The predicted octanol–water partition coefficient (Wildman–Crippen LogP) is 0.774. The second-order valence-electron chi connectivity index (χ2n) is 4.94. The average Bonchev–Trinajstić information content (AvgIpc) is 2.95. The van der Waals surface area contributed by atoms with E-state index in [0.717, 1.165) is 6.42 Å². The third-order valence-electron chi connectivity index (χ3n) is 3.33. The number of hydrogen-bond acceptors (Lipinski definition) is 4. The maximum Gasteiger partial charge on any atom is 0.242 e. The highest BCUT2D eigenvalue weighted by Crippen LogP contribution is 2.05. The third kappa shape index (κ3) is 4.70. The van der Waals surface area contributed by atoms with E-state index in [-0.39, 0.29) is 17.7 Å². The first-order valence-electron chi connectivity index (χ1n) is 6.81. The van der Waals surface area contributed by atoms with E-state index in [9.17, 15) is 9.59 Å². The standard InChI is InChI=1S/C14H23N3O3/c1-4-9(2)12(15)14(19)17-10(3)13(18)16-8-11-6-5-7-20-11/h5-7,9-10,12H,4,8,15H2,1-3H3,(H,16,18)(H,17,19). The summed E-state index contributed by atoms with van der Waals surface area (Å²) in [6.07, 6.45) is 2.35. The van der Waals surface area contributed by atoms with Gasteiger partial charge in [0.05, 0.1) is 18.8 Å². The van der Waals surface area contributed by atoms with Crippen LogP contribution >= 0.6 is 0 Å². The molecule has 20 heavy (non-hydrogen) atoms. The van der Waals surface area contributed by atoms with Crippen LogP contribution in [-0.2, 0) is 16.1 Å². The molecule has 112 valence electrons. The van der Waals surface area contributed by atoms with Crippen molar-refractivity contribution in [2.24, 2.45) is 11.7 Å². The Morgan fingerprint density at radius 1 is 1.35 bits per heavy atom. The summed E-state index contributed by atoms with van der Waals surface area (Å²) in [5, 5.41) is 5.30. The zero-order valence-corrected chi connectivity index (χ0v) is 12.2. The van der Waals surface area contributed by atoms with Crippen LogP contribution < -0.4 is 16.4 Å². The Balaban J connectivity index is 2.39. The van der Waals surface area contributed by atoms with Gasteiger partial charge in [-0.15, -0.1) is 0 Å². The third-order valence-corrected chi connectivity index (χ3v) is 3.33. The van der Waals surface area contributed by atoms with Gasteiger partial charge in [0.15, 0.2) is 0 Å². The van der Waals surface area contributed by atoms with Crippen molar-refractivity contribution in [3.63, 3.8) is 0 Å². The highest BCUT2D eigenvalue weighted by Gasteiger charge is 2.23. The lowest BCUT2D eigenvalue weighted by molar-refractivity contribution is -0.129. The predicted molar refractivity (Wildman–Crippen MR) is 75.6 cm³/mol. The van der Waals surface area contributed by atoms with E-state index in [1.54, 1.807) is 19.1 Å². The van der Waals surface area contributed by atoms with Crippen LogP contribution in [0.5, 0.6) is 0 Å². The van der Waals surface area contributed by atoms with Crippen LogP contribution in [0.1, 0.15) is 33.0 Å². The molecule has 6 nitrogen and oxygen atoms in total. The number of carbonyl (C=O) groups excluding carboxylic acids is 2. The minimum atomic E-state index is -0.632. The zero-order chi connectivity index (χ0) is 15.1. The highest BCUT2D eigenvalue weighted by molar-refractivity contribution is 5.89. The molecule has 0 radical (unpaired) electrons. The summed E-state index contributed by atoms with van der Waals surface area (Å²) in [7, 11) is 0. The number of carbonyl (C=O) groups is 2. The van der Waals surface area contributed by atoms with Gasteiger partial charge in [-0.25, -0.2) is 0 Å². The molecule has 0 fully saturated rings. The number of amides is 2. The van der Waals surface area contributed by atoms with Gasteiger partial charge in [0.25, 0.3) is 0 Å². The van der Waals surface area contributed by atoms with Crippen LogP contribution in [0.15, 0.2) is 22.8 Å². The van der Waals surface area contributed by atoms with Crippen LogP contribution in [0, 0.1) is 5.92 Å². The summed E-state index contributed by atoms with van der Waals surface area (Å²) in [5.74, 6) is 0.160. The first kappa shape index (κ1) is 16.2. The van der Waals surface area contributed by atoms with Crippen molar-refractivity contribution >= 4 is 11.8 Å². The lowest BCUT2D eigenvalue weighted by Crippen LogP contribution is -2.51. The second-order valence-corrected chi connectivity index (χ2v) is 4.94. The summed E-state index contributed by atoms with van der Waals surface area (Å²) in [6, 6.07) is 2.29. The molecule has 1 rings (SSSR count). The fourth-order valence-electron chi connectivity index (χ4n) is 1.63. The largest absolute Gasteiger partial charge is 0.467 e. The van der Waals surface area contributed by atoms with E-state index >= 15 is 0 Å². The lowest BCUT2D eigenvalue weighted by Gasteiger charge is -2.20. The lowest BCUT2D eigenvalue weighted by atomic mass is 9.99. The van der Waals surface area contributed by atoms with Crippen molar-refractivity contribution in [2.45, 2.75) is 45.8 Å². The summed E-state index contributed by atoms with van der Waals surface area (Å²) >= 11 is 0. The SMILES string of the molecule is CCC(C)C(N)C(=O)NC(C)C(=O)NCc1ccco1. The smallest absolute Gasteiger partial charge is 0.242 e. The fourth-order valence-corrected chi connectivity index (χ4v) is 1.63. The molecule has 3 atom stereocenters. The quantitative estimate of drug-likeness (QED) is 0.687. The Bertz CT molecular complexity index is 431. The molecule has 3 unspecified atom stereocenters. The minimum Gasteiger partial charge on any atom is -0.467 e. The van der Waals surface area contributed by atoms with Crippen molar-refractivity contribution in [2.75, 3.05) is 0 Å². The Morgan fingerprint density at radius 3 is 2.60 bits per heavy atom.